The molecular formula is C22H18ClF3N2O4S. The monoisotopic (exact) mass is 498 g/mol. The van der Waals surface area contributed by atoms with Gasteiger partial charge in [-0.3, -0.25) is 9.10 Å². The van der Waals surface area contributed by atoms with Crippen molar-refractivity contribution < 1.29 is 31.1 Å². The Morgan fingerprint density at radius 1 is 1.00 bits per heavy atom. The predicted molar refractivity (Wildman–Crippen MR) is 119 cm³/mol. The molecule has 0 saturated carbocycles. The van der Waals surface area contributed by atoms with Crippen molar-refractivity contribution in [2.75, 3.05) is 16.2 Å². The van der Waals surface area contributed by atoms with Crippen molar-refractivity contribution in [3.05, 3.63) is 83.4 Å². The van der Waals surface area contributed by atoms with Crippen LogP contribution in [0.2, 0.25) is 5.02 Å². The Bertz CT molecular complexity index is 1230. The maximum Gasteiger partial charge on any atom is 0.573 e. The van der Waals surface area contributed by atoms with E-state index in [1.165, 1.54) is 30.3 Å². The van der Waals surface area contributed by atoms with Gasteiger partial charge in [-0.1, -0.05) is 35.9 Å². The van der Waals surface area contributed by atoms with Crippen LogP contribution in [0.4, 0.5) is 24.5 Å². The Hall–Kier alpha value is -3.24. The lowest BCUT2D eigenvalue weighted by molar-refractivity contribution is -0.274. The van der Waals surface area contributed by atoms with Crippen molar-refractivity contribution in [2.45, 2.75) is 18.2 Å². The first-order valence-electron chi connectivity index (χ1n) is 9.46. The Balaban J connectivity index is 1.88. The number of amides is 1. The molecule has 6 nitrogen and oxygen atoms in total. The SMILES string of the molecule is Cc1c(Cl)cccc1N(CC(=O)Nc1ccc(OC(F)(F)F)cc1)S(=O)(=O)c1ccccc1. The van der Waals surface area contributed by atoms with Crippen LogP contribution in [0.5, 0.6) is 5.75 Å². The fourth-order valence-corrected chi connectivity index (χ4v) is 4.63. The molecule has 0 bridgehead atoms. The molecule has 174 valence electrons. The zero-order valence-electron chi connectivity index (χ0n) is 17.1. The first-order chi connectivity index (χ1) is 15.5. The summed E-state index contributed by atoms with van der Waals surface area (Å²) >= 11 is 6.17. The summed E-state index contributed by atoms with van der Waals surface area (Å²) in [7, 11) is -4.14. The van der Waals surface area contributed by atoms with Gasteiger partial charge in [-0.15, -0.1) is 13.2 Å². The van der Waals surface area contributed by atoms with Gasteiger partial charge in [0.05, 0.1) is 10.6 Å². The second kappa shape index (κ2) is 9.72. The molecule has 0 aliphatic rings. The highest BCUT2D eigenvalue weighted by atomic mass is 35.5. The number of ether oxygens (including phenoxy) is 1. The number of rotatable bonds is 7. The first kappa shape index (κ1) is 24.4. The molecule has 3 aromatic rings. The van der Waals surface area contributed by atoms with Crippen molar-refractivity contribution in [2.24, 2.45) is 0 Å². The smallest absolute Gasteiger partial charge is 0.406 e. The average Bonchev–Trinajstić information content (AvgIpc) is 2.75. The summed E-state index contributed by atoms with van der Waals surface area (Å²) in [6.45, 7) is 1.03. The minimum absolute atomic E-state index is 0.0224. The lowest BCUT2D eigenvalue weighted by Crippen LogP contribution is -2.38. The Labute approximate surface area is 193 Å². The lowest BCUT2D eigenvalue weighted by atomic mass is 10.2. The second-order valence-corrected chi connectivity index (χ2v) is 9.10. The largest absolute Gasteiger partial charge is 0.573 e. The summed E-state index contributed by atoms with van der Waals surface area (Å²) in [5, 5.41) is 2.80. The molecule has 0 fully saturated rings. The van der Waals surface area contributed by atoms with E-state index in [2.05, 4.69) is 10.1 Å². The summed E-state index contributed by atoms with van der Waals surface area (Å²) in [6, 6.07) is 16.7. The van der Waals surface area contributed by atoms with Crippen molar-refractivity contribution in [3.63, 3.8) is 0 Å². The number of anilines is 2. The van der Waals surface area contributed by atoms with Gasteiger partial charge in [0.1, 0.15) is 12.3 Å². The number of carbonyl (C=O) groups excluding carboxylic acids is 1. The topological polar surface area (TPSA) is 75.7 Å². The van der Waals surface area contributed by atoms with E-state index in [-0.39, 0.29) is 16.3 Å². The lowest BCUT2D eigenvalue weighted by Gasteiger charge is -2.26. The minimum Gasteiger partial charge on any atom is -0.406 e. The molecule has 0 unspecified atom stereocenters. The Morgan fingerprint density at radius 3 is 2.24 bits per heavy atom. The average molecular weight is 499 g/mol. The van der Waals surface area contributed by atoms with Gasteiger partial charge in [0.2, 0.25) is 5.91 Å². The molecule has 33 heavy (non-hydrogen) atoms. The van der Waals surface area contributed by atoms with Crippen LogP contribution in [0.3, 0.4) is 0 Å². The van der Waals surface area contributed by atoms with Crippen molar-refractivity contribution in [1.29, 1.82) is 0 Å². The van der Waals surface area contributed by atoms with E-state index in [1.54, 1.807) is 37.3 Å². The molecule has 0 atom stereocenters. The van der Waals surface area contributed by atoms with Crippen LogP contribution in [0.1, 0.15) is 5.56 Å². The molecule has 3 aromatic carbocycles. The minimum atomic E-state index is -4.84. The van der Waals surface area contributed by atoms with E-state index >= 15 is 0 Å². The maximum atomic E-state index is 13.3. The molecule has 0 aliphatic carbocycles. The van der Waals surface area contributed by atoms with E-state index < -0.39 is 34.6 Å². The van der Waals surface area contributed by atoms with Crippen LogP contribution in [0.25, 0.3) is 0 Å². The highest BCUT2D eigenvalue weighted by Crippen LogP contribution is 2.31. The van der Waals surface area contributed by atoms with Crippen LogP contribution in [-0.2, 0) is 14.8 Å². The zero-order valence-corrected chi connectivity index (χ0v) is 18.7. The number of benzene rings is 3. The number of nitrogens with one attached hydrogen (secondary N) is 1. The third-order valence-corrected chi connectivity index (χ3v) is 6.68. The van der Waals surface area contributed by atoms with Crippen LogP contribution < -0.4 is 14.4 Å². The molecule has 1 N–H and O–H groups in total. The molecule has 0 saturated heterocycles. The summed E-state index contributed by atoms with van der Waals surface area (Å²) in [6.07, 6.45) is -4.84. The van der Waals surface area contributed by atoms with Crippen molar-refractivity contribution in [1.82, 2.24) is 0 Å². The molecular weight excluding hydrogens is 481 g/mol. The van der Waals surface area contributed by atoms with Gasteiger partial charge in [-0.05, 0) is 61.0 Å². The molecule has 0 aliphatic heterocycles. The van der Waals surface area contributed by atoms with Gasteiger partial charge < -0.3 is 10.1 Å². The van der Waals surface area contributed by atoms with E-state index in [4.69, 9.17) is 11.6 Å². The third kappa shape index (κ3) is 6.17. The van der Waals surface area contributed by atoms with Gasteiger partial charge in [0.15, 0.2) is 0 Å². The predicted octanol–water partition coefficient (Wildman–Crippen LogP) is 5.38. The van der Waals surface area contributed by atoms with E-state index in [0.29, 0.717) is 10.6 Å². The maximum absolute atomic E-state index is 13.3. The first-order valence-corrected chi connectivity index (χ1v) is 11.3. The molecule has 3 rings (SSSR count). The zero-order chi connectivity index (χ0) is 24.2. The summed E-state index contributed by atoms with van der Waals surface area (Å²) in [5.74, 6) is -1.17. The normalized spacial score (nSPS) is 11.7. The highest BCUT2D eigenvalue weighted by Gasteiger charge is 2.31. The van der Waals surface area contributed by atoms with Gasteiger partial charge in [-0.25, -0.2) is 8.42 Å². The Kier molecular flexibility index (Phi) is 7.19. The van der Waals surface area contributed by atoms with E-state index in [1.807, 2.05) is 0 Å². The van der Waals surface area contributed by atoms with E-state index in [0.717, 1.165) is 16.4 Å². The van der Waals surface area contributed by atoms with Crippen LogP contribution in [0.15, 0.2) is 77.7 Å². The molecule has 0 spiro atoms. The van der Waals surface area contributed by atoms with Crippen LogP contribution >= 0.6 is 11.6 Å². The molecule has 0 radical (unpaired) electrons. The van der Waals surface area contributed by atoms with Crippen molar-refractivity contribution in [3.8, 4) is 5.75 Å². The summed E-state index contributed by atoms with van der Waals surface area (Å²) < 4.78 is 68.3. The molecule has 11 heteroatoms. The van der Waals surface area contributed by atoms with Gasteiger partial charge in [0, 0.05) is 10.7 Å². The number of halogens is 4. The number of nitrogens with zero attached hydrogens (tertiary/aromatic N) is 1. The number of hydrogen-bond acceptors (Lipinski definition) is 4. The van der Waals surface area contributed by atoms with Gasteiger partial charge >= 0.3 is 6.36 Å². The summed E-state index contributed by atoms with van der Waals surface area (Å²) in [4.78, 5) is 12.7. The molecule has 0 heterocycles. The van der Waals surface area contributed by atoms with Crippen LogP contribution in [0, 0.1) is 6.92 Å². The fourth-order valence-electron chi connectivity index (χ4n) is 2.96. The van der Waals surface area contributed by atoms with Crippen molar-refractivity contribution >= 4 is 38.9 Å². The molecule has 0 aromatic heterocycles. The summed E-state index contributed by atoms with van der Waals surface area (Å²) in [5.41, 5.74) is 0.838. The fraction of sp³-hybridized carbons (Fsp3) is 0.136. The molecule has 1 amide bonds. The standard InChI is InChI=1S/C22H18ClF3N2O4S/c1-15-19(23)8-5-9-20(15)28(33(30,31)18-6-3-2-4-7-18)14-21(29)27-16-10-12-17(13-11-16)32-22(24,25)26/h2-13H,14H2,1H3,(H,27,29). The van der Waals surface area contributed by atoms with Gasteiger partial charge in [0.25, 0.3) is 10.0 Å². The highest BCUT2D eigenvalue weighted by molar-refractivity contribution is 7.92. The van der Waals surface area contributed by atoms with Gasteiger partial charge in [-0.2, -0.15) is 0 Å². The quantitative estimate of drug-likeness (QED) is 0.474. The number of carbonyl (C=O) groups is 1. The third-order valence-electron chi connectivity index (χ3n) is 4.50. The Morgan fingerprint density at radius 2 is 1.64 bits per heavy atom. The second-order valence-electron chi connectivity index (χ2n) is 6.83. The number of alkyl halides is 3. The number of sulfonamides is 1. The number of hydrogen-bond donors (Lipinski definition) is 1. The van der Waals surface area contributed by atoms with E-state index in [9.17, 15) is 26.4 Å². The van der Waals surface area contributed by atoms with Crippen LogP contribution in [-0.4, -0.2) is 27.2 Å².